The number of hydrogen-bond donors (Lipinski definition) is 2. The highest BCUT2D eigenvalue weighted by Crippen LogP contribution is 2.38. The third-order valence-corrected chi connectivity index (χ3v) is 5.02. The lowest BCUT2D eigenvalue weighted by molar-refractivity contribution is -0.394. The first-order valence-corrected chi connectivity index (χ1v) is 10.9. The van der Waals surface area contributed by atoms with Crippen molar-refractivity contribution in [2.24, 2.45) is 5.10 Å². The lowest BCUT2D eigenvalue weighted by atomic mass is 10.2. The first-order chi connectivity index (χ1) is 18.7. The molecule has 0 aliphatic rings. The SMILES string of the molecule is CCOc1cc(C=NNC(=O)c2nnn(-c3nonc3N)c2C)ccc1Oc1ccc([N+](=O)[O-])cc1[N+](=O)[O-]. The van der Waals surface area contributed by atoms with Gasteiger partial charge in [-0.2, -0.15) is 9.78 Å². The van der Waals surface area contributed by atoms with Crippen molar-refractivity contribution in [1.29, 1.82) is 0 Å². The number of nitro benzene ring substituents is 2. The molecule has 2 heterocycles. The third kappa shape index (κ3) is 5.58. The van der Waals surface area contributed by atoms with Gasteiger partial charge in [0.05, 0.1) is 34.4 Å². The first-order valence-electron chi connectivity index (χ1n) is 10.9. The van der Waals surface area contributed by atoms with Crippen LogP contribution >= 0.6 is 0 Å². The molecule has 0 saturated heterocycles. The van der Waals surface area contributed by atoms with Crippen LogP contribution in [-0.2, 0) is 0 Å². The van der Waals surface area contributed by atoms with E-state index in [1.54, 1.807) is 19.9 Å². The summed E-state index contributed by atoms with van der Waals surface area (Å²) in [6.07, 6.45) is 1.32. The zero-order valence-electron chi connectivity index (χ0n) is 20.2. The number of hydrazone groups is 1. The molecule has 2 aromatic heterocycles. The zero-order valence-corrected chi connectivity index (χ0v) is 20.2. The number of anilines is 1. The van der Waals surface area contributed by atoms with E-state index in [4.69, 9.17) is 15.2 Å². The lowest BCUT2D eigenvalue weighted by Gasteiger charge is -2.12. The molecule has 0 atom stereocenters. The number of benzene rings is 2. The highest BCUT2D eigenvalue weighted by Gasteiger charge is 2.23. The van der Waals surface area contributed by atoms with Crippen LogP contribution in [0.2, 0.25) is 0 Å². The maximum atomic E-state index is 12.5. The standard InChI is InChI=1S/C21H18N10O8/c1-3-37-17-8-12(4-6-16(17)38-15-7-5-13(30(33)34)9-14(15)31(35)36)10-23-25-21(32)18-11(2)29(28-24-18)20-19(22)26-39-27-20/h4-10H,3H2,1-2H3,(H2,22,26)(H,25,32). The Kier molecular flexibility index (Phi) is 7.36. The van der Waals surface area contributed by atoms with Crippen LogP contribution in [-0.4, -0.2) is 53.9 Å². The first kappa shape index (κ1) is 26.1. The molecule has 0 unspecified atom stereocenters. The van der Waals surface area contributed by atoms with Gasteiger partial charge in [0.1, 0.15) is 0 Å². The largest absolute Gasteiger partial charge is 0.490 e. The van der Waals surface area contributed by atoms with E-state index in [2.05, 4.69) is 35.8 Å². The molecule has 0 aliphatic heterocycles. The van der Waals surface area contributed by atoms with Crippen molar-refractivity contribution in [3.8, 4) is 23.1 Å². The second-order valence-corrected chi connectivity index (χ2v) is 7.51. The molecule has 18 nitrogen and oxygen atoms in total. The van der Waals surface area contributed by atoms with Gasteiger partial charge in [0.15, 0.2) is 17.2 Å². The van der Waals surface area contributed by atoms with Gasteiger partial charge >= 0.3 is 5.69 Å². The minimum atomic E-state index is -0.787. The Morgan fingerprint density at radius 1 is 1.15 bits per heavy atom. The summed E-state index contributed by atoms with van der Waals surface area (Å²) in [5, 5.41) is 41.0. The van der Waals surface area contributed by atoms with Gasteiger partial charge in [-0.3, -0.25) is 25.0 Å². The Morgan fingerprint density at radius 3 is 2.59 bits per heavy atom. The highest BCUT2D eigenvalue weighted by atomic mass is 16.6. The van der Waals surface area contributed by atoms with Gasteiger partial charge in [0.2, 0.25) is 17.4 Å². The Bertz CT molecular complexity index is 1600. The van der Waals surface area contributed by atoms with E-state index in [-0.39, 0.29) is 41.2 Å². The molecule has 3 N–H and O–H groups in total. The second-order valence-electron chi connectivity index (χ2n) is 7.51. The highest BCUT2D eigenvalue weighted by molar-refractivity contribution is 5.94. The van der Waals surface area contributed by atoms with Crippen LogP contribution < -0.4 is 20.6 Å². The fraction of sp³-hybridized carbons (Fsp3) is 0.143. The summed E-state index contributed by atoms with van der Waals surface area (Å²) in [7, 11) is 0. The molecule has 4 rings (SSSR count). The molecular weight excluding hydrogens is 520 g/mol. The van der Waals surface area contributed by atoms with Gasteiger partial charge in [-0.25, -0.2) is 10.1 Å². The number of carbonyl (C=O) groups excluding carboxylic acids is 1. The van der Waals surface area contributed by atoms with E-state index < -0.39 is 27.1 Å². The maximum Gasteiger partial charge on any atom is 0.318 e. The molecule has 0 fully saturated rings. The van der Waals surface area contributed by atoms with Gasteiger partial charge in [0.25, 0.3) is 11.6 Å². The van der Waals surface area contributed by atoms with Gasteiger partial charge in [-0.05, 0) is 54.0 Å². The molecule has 4 aromatic rings. The number of nitrogens with zero attached hydrogens (tertiary/aromatic N) is 8. The Hall–Kier alpha value is -5.94. The molecule has 18 heteroatoms. The molecule has 0 spiro atoms. The topological polar surface area (TPSA) is 242 Å². The van der Waals surface area contributed by atoms with Crippen molar-refractivity contribution < 1.29 is 28.7 Å². The third-order valence-electron chi connectivity index (χ3n) is 5.02. The Labute approximate surface area is 217 Å². The van der Waals surface area contributed by atoms with Crippen molar-refractivity contribution in [2.45, 2.75) is 13.8 Å². The van der Waals surface area contributed by atoms with Crippen LogP contribution in [0.25, 0.3) is 5.82 Å². The van der Waals surface area contributed by atoms with E-state index in [1.807, 2.05) is 0 Å². The van der Waals surface area contributed by atoms with E-state index in [9.17, 15) is 25.0 Å². The fourth-order valence-electron chi connectivity index (χ4n) is 3.22. The number of non-ortho nitro benzene ring substituents is 1. The van der Waals surface area contributed by atoms with Gasteiger partial charge in [0, 0.05) is 6.07 Å². The number of nitro groups is 2. The van der Waals surface area contributed by atoms with E-state index in [0.29, 0.717) is 11.3 Å². The smallest absolute Gasteiger partial charge is 0.318 e. The van der Waals surface area contributed by atoms with Crippen molar-refractivity contribution in [2.75, 3.05) is 12.3 Å². The van der Waals surface area contributed by atoms with Crippen LogP contribution in [0, 0.1) is 27.2 Å². The van der Waals surface area contributed by atoms with Crippen LogP contribution in [0.5, 0.6) is 17.2 Å². The average Bonchev–Trinajstić information content (AvgIpc) is 3.50. The number of nitrogens with one attached hydrogen (secondary N) is 1. The Morgan fingerprint density at radius 2 is 1.92 bits per heavy atom. The van der Waals surface area contributed by atoms with E-state index >= 15 is 0 Å². The van der Waals surface area contributed by atoms with Crippen molar-refractivity contribution in [1.82, 2.24) is 30.7 Å². The monoisotopic (exact) mass is 538 g/mol. The average molecular weight is 538 g/mol. The van der Waals surface area contributed by atoms with Crippen LogP contribution in [0.1, 0.15) is 28.7 Å². The summed E-state index contributed by atoms with van der Waals surface area (Å²) >= 11 is 0. The van der Waals surface area contributed by atoms with Gasteiger partial charge in [-0.15, -0.1) is 5.10 Å². The molecule has 200 valence electrons. The molecular formula is C21H18N10O8. The minimum absolute atomic E-state index is 0.0336. The normalized spacial score (nSPS) is 10.9. The van der Waals surface area contributed by atoms with Crippen molar-refractivity contribution >= 4 is 29.3 Å². The molecule has 2 aromatic carbocycles. The number of aromatic nitrogens is 5. The number of rotatable bonds is 10. The number of nitrogens with two attached hydrogens (primary N) is 1. The van der Waals surface area contributed by atoms with Crippen molar-refractivity contribution in [3.05, 3.63) is 73.6 Å². The summed E-state index contributed by atoms with van der Waals surface area (Å²) in [5.74, 6) is -0.518. The lowest BCUT2D eigenvalue weighted by Crippen LogP contribution is -2.19. The summed E-state index contributed by atoms with van der Waals surface area (Å²) in [5.41, 5.74) is 7.67. The fourth-order valence-corrected chi connectivity index (χ4v) is 3.22. The molecule has 39 heavy (non-hydrogen) atoms. The molecule has 0 radical (unpaired) electrons. The maximum absolute atomic E-state index is 12.5. The van der Waals surface area contributed by atoms with Crippen LogP contribution in [0.15, 0.2) is 46.1 Å². The summed E-state index contributed by atoms with van der Waals surface area (Å²) in [6.45, 7) is 3.52. The number of ether oxygens (including phenoxy) is 2. The predicted octanol–water partition coefficient (Wildman–Crippen LogP) is 2.31. The molecule has 1 amide bonds. The van der Waals surface area contributed by atoms with E-state index in [1.165, 1.54) is 23.0 Å². The minimum Gasteiger partial charge on any atom is -0.490 e. The predicted molar refractivity (Wildman–Crippen MR) is 131 cm³/mol. The molecule has 0 aliphatic carbocycles. The van der Waals surface area contributed by atoms with Gasteiger partial charge in [-0.1, -0.05) is 5.21 Å². The summed E-state index contributed by atoms with van der Waals surface area (Å²) < 4.78 is 16.9. The summed E-state index contributed by atoms with van der Waals surface area (Å²) in [4.78, 5) is 33.4. The number of amides is 1. The number of nitrogen functional groups attached to an aromatic ring is 1. The molecule has 0 saturated carbocycles. The van der Waals surface area contributed by atoms with Crippen LogP contribution in [0.3, 0.4) is 0 Å². The van der Waals surface area contributed by atoms with Crippen LogP contribution in [0.4, 0.5) is 17.2 Å². The zero-order chi connectivity index (χ0) is 28.1. The quantitative estimate of drug-likeness (QED) is 0.167. The van der Waals surface area contributed by atoms with E-state index in [0.717, 1.165) is 18.2 Å². The molecule has 0 bridgehead atoms. The van der Waals surface area contributed by atoms with Crippen molar-refractivity contribution in [3.63, 3.8) is 0 Å². The Balaban J connectivity index is 1.51. The summed E-state index contributed by atoms with van der Waals surface area (Å²) in [6, 6.07) is 7.55. The number of hydrogen-bond acceptors (Lipinski definition) is 14. The second kappa shape index (κ2) is 11.0. The van der Waals surface area contributed by atoms with Gasteiger partial charge < -0.3 is 15.2 Å². The number of carbonyl (C=O) groups is 1.